The molecule has 0 bridgehead atoms. The maximum atomic E-state index is 6.02. The van der Waals surface area contributed by atoms with Gasteiger partial charge in [0.15, 0.2) is 0 Å². The zero-order valence-corrected chi connectivity index (χ0v) is 11.0. The summed E-state index contributed by atoms with van der Waals surface area (Å²) in [6.45, 7) is 0.642. The van der Waals surface area contributed by atoms with Gasteiger partial charge in [-0.1, -0.05) is 22.0 Å². The lowest BCUT2D eigenvalue weighted by Gasteiger charge is -1.95. The predicted molar refractivity (Wildman–Crippen MR) is 69.6 cm³/mol. The minimum Gasteiger partial charge on any atom is -0.337 e. The summed E-state index contributed by atoms with van der Waals surface area (Å²) in [5.74, 6) is 0.722. The van der Waals surface area contributed by atoms with Crippen molar-refractivity contribution < 1.29 is 4.52 Å². The van der Waals surface area contributed by atoms with Crippen molar-refractivity contribution in [3.63, 3.8) is 0 Å². The fourth-order valence-corrected chi connectivity index (χ4v) is 1.82. The summed E-state index contributed by atoms with van der Waals surface area (Å²) in [5.41, 5.74) is 6.63. The number of hydrogen-bond acceptors (Lipinski definition) is 7. The fraction of sp³-hybridized carbons (Fsp3) is 0.182. The zero-order chi connectivity index (χ0) is 13.9. The third-order valence-electron chi connectivity index (χ3n) is 2.53. The number of nitrogens with zero attached hydrogens (tertiary/aromatic N) is 6. The Bertz CT molecular complexity index is 723. The van der Waals surface area contributed by atoms with Crippen molar-refractivity contribution in [1.82, 2.24) is 30.1 Å². The molecule has 3 rings (SSSR count). The van der Waals surface area contributed by atoms with Crippen LogP contribution >= 0.6 is 11.6 Å². The largest absolute Gasteiger partial charge is 0.337 e. The summed E-state index contributed by atoms with van der Waals surface area (Å²) in [7, 11) is 0. The molecule has 8 nitrogen and oxygen atoms in total. The predicted octanol–water partition coefficient (Wildman–Crippen LogP) is 0.884. The first-order valence-corrected chi connectivity index (χ1v) is 6.16. The van der Waals surface area contributed by atoms with Crippen molar-refractivity contribution in [2.45, 2.75) is 13.1 Å². The van der Waals surface area contributed by atoms with E-state index in [1.165, 1.54) is 0 Å². The minimum absolute atomic E-state index is 0.310. The first-order valence-electron chi connectivity index (χ1n) is 5.79. The number of nitrogens with two attached hydrogens (primary N) is 1. The van der Waals surface area contributed by atoms with Crippen LogP contribution in [-0.4, -0.2) is 30.1 Å². The Morgan fingerprint density at radius 1 is 1.40 bits per heavy atom. The second-order valence-electron chi connectivity index (χ2n) is 3.96. The van der Waals surface area contributed by atoms with Crippen molar-refractivity contribution >= 4 is 11.6 Å². The van der Waals surface area contributed by atoms with Crippen LogP contribution < -0.4 is 5.73 Å². The van der Waals surface area contributed by atoms with Gasteiger partial charge in [0.05, 0.1) is 16.9 Å². The Kier molecular flexibility index (Phi) is 3.40. The van der Waals surface area contributed by atoms with E-state index in [2.05, 4.69) is 25.4 Å². The van der Waals surface area contributed by atoms with E-state index in [9.17, 15) is 0 Å². The third-order valence-corrected chi connectivity index (χ3v) is 2.84. The molecule has 3 heterocycles. The monoisotopic (exact) mass is 291 g/mol. The quantitative estimate of drug-likeness (QED) is 0.760. The van der Waals surface area contributed by atoms with Gasteiger partial charge in [-0.05, 0) is 12.1 Å². The Morgan fingerprint density at radius 2 is 2.30 bits per heavy atom. The van der Waals surface area contributed by atoms with Gasteiger partial charge in [0.25, 0.3) is 0 Å². The van der Waals surface area contributed by atoms with E-state index < -0.39 is 0 Å². The van der Waals surface area contributed by atoms with Crippen LogP contribution in [0.15, 0.2) is 29.0 Å². The van der Waals surface area contributed by atoms with Gasteiger partial charge in [-0.3, -0.25) is 4.98 Å². The molecule has 3 aromatic heterocycles. The Hall–Kier alpha value is -2.32. The number of rotatable bonds is 4. The van der Waals surface area contributed by atoms with Crippen molar-refractivity contribution in [1.29, 1.82) is 0 Å². The first kappa shape index (κ1) is 12.7. The Balaban J connectivity index is 1.82. The average molecular weight is 292 g/mol. The van der Waals surface area contributed by atoms with Crippen LogP contribution in [0.2, 0.25) is 5.02 Å². The molecule has 0 aliphatic carbocycles. The van der Waals surface area contributed by atoms with Gasteiger partial charge in [-0.25, -0.2) is 4.68 Å². The molecule has 0 saturated carbocycles. The van der Waals surface area contributed by atoms with Crippen LogP contribution in [0.4, 0.5) is 0 Å². The number of halogens is 1. The average Bonchev–Trinajstić information content (AvgIpc) is 3.09. The molecule has 0 aliphatic heterocycles. The van der Waals surface area contributed by atoms with Crippen LogP contribution in [0.1, 0.15) is 11.6 Å². The lowest BCUT2D eigenvalue weighted by Crippen LogP contribution is -2.01. The molecule has 0 unspecified atom stereocenters. The van der Waals surface area contributed by atoms with Gasteiger partial charge in [0.1, 0.15) is 12.2 Å². The highest BCUT2D eigenvalue weighted by Crippen LogP contribution is 2.22. The summed E-state index contributed by atoms with van der Waals surface area (Å²) < 4.78 is 6.71. The van der Waals surface area contributed by atoms with E-state index in [-0.39, 0.29) is 0 Å². The summed E-state index contributed by atoms with van der Waals surface area (Å²) in [4.78, 5) is 8.35. The maximum Gasteiger partial charge on any atom is 0.248 e. The molecule has 0 aromatic carbocycles. The molecular formula is C11H10ClN7O. The minimum atomic E-state index is 0.310. The number of aromatic nitrogens is 6. The highest BCUT2D eigenvalue weighted by molar-refractivity contribution is 6.32. The topological polar surface area (TPSA) is 109 Å². The second kappa shape index (κ2) is 5.35. The van der Waals surface area contributed by atoms with Crippen molar-refractivity contribution in [2.75, 3.05) is 0 Å². The molecule has 0 aliphatic rings. The zero-order valence-electron chi connectivity index (χ0n) is 10.3. The molecule has 3 aromatic rings. The van der Waals surface area contributed by atoms with Gasteiger partial charge in [-0.15, -0.1) is 5.10 Å². The molecule has 0 radical (unpaired) electrons. The molecule has 0 saturated heterocycles. The van der Waals surface area contributed by atoms with Crippen molar-refractivity contribution in [2.24, 2.45) is 5.73 Å². The standard InChI is InChI=1S/C11H10ClN7O/c12-8-2-1-3-14-10(8)11-15-9(20-17-11)6-19-5-7(4-13)16-18-19/h1-3,5H,4,6,13H2. The molecule has 102 valence electrons. The van der Waals surface area contributed by atoms with E-state index in [1.54, 1.807) is 29.2 Å². The van der Waals surface area contributed by atoms with Crippen LogP contribution in [-0.2, 0) is 13.1 Å². The van der Waals surface area contributed by atoms with Gasteiger partial charge in [0, 0.05) is 12.7 Å². The third kappa shape index (κ3) is 2.51. The molecule has 0 fully saturated rings. The van der Waals surface area contributed by atoms with E-state index in [0.29, 0.717) is 41.2 Å². The van der Waals surface area contributed by atoms with Crippen LogP contribution in [0.5, 0.6) is 0 Å². The van der Waals surface area contributed by atoms with Gasteiger partial charge >= 0.3 is 0 Å². The van der Waals surface area contributed by atoms with Gasteiger partial charge in [0.2, 0.25) is 11.7 Å². The van der Waals surface area contributed by atoms with Crippen molar-refractivity contribution in [3.8, 4) is 11.5 Å². The lowest BCUT2D eigenvalue weighted by molar-refractivity contribution is 0.364. The van der Waals surface area contributed by atoms with Gasteiger partial charge in [-0.2, -0.15) is 4.98 Å². The Morgan fingerprint density at radius 3 is 3.05 bits per heavy atom. The summed E-state index contributed by atoms with van der Waals surface area (Å²) in [6.07, 6.45) is 3.33. The number of hydrogen-bond donors (Lipinski definition) is 1. The highest BCUT2D eigenvalue weighted by Gasteiger charge is 2.13. The molecule has 20 heavy (non-hydrogen) atoms. The first-order chi connectivity index (χ1) is 9.76. The van der Waals surface area contributed by atoms with E-state index in [4.69, 9.17) is 21.9 Å². The molecular weight excluding hydrogens is 282 g/mol. The fourth-order valence-electron chi connectivity index (χ4n) is 1.61. The van der Waals surface area contributed by atoms with E-state index in [1.807, 2.05) is 0 Å². The highest BCUT2D eigenvalue weighted by atomic mass is 35.5. The second-order valence-corrected chi connectivity index (χ2v) is 4.36. The van der Waals surface area contributed by atoms with Gasteiger partial charge < -0.3 is 10.3 Å². The van der Waals surface area contributed by atoms with Crippen LogP contribution in [0.25, 0.3) is 11.5 Å². The Labute approximate surface area is 118 Å². The van der Waals surface area contributed by atoms with E-state index >= 15 is 0 Å². The maximum absolute atomic E-state index is 6.02. The molecule has 9 heteroatoms. The SMILES string of the molecule is NCc1cn(Cc2nc(-c3ncccc3Cl)no2)nn1. The summed E-state index contributed by atoms with van der Waals surface area (Å²) in [6, 6.07) is 3.45. The lowest BCUT2D eigenvalue weighted by atomic mass is 10.3. The summed E-state index contributed by atoms with van der Waals surface area (Å²) >= 11 is 6.02. The van der Waals surface area contributed by atoms with Crippen LogP contribution in [0.3, 0.4) is 0 Å². The molecule has 0 atom stereocenters. The normalized spacial score (nSPS) is 10.9. The molecule has 2 N–H and O–H groups in total. The number of pyridine rings is 1. The summed E-state index contributed by atoms with van der Waals surface area (Å²) in [5, 5.41) is 12.1. The van der Waals surface area contributed by atoms with Crippen molar-refractivity contribution in [3.05, 3.63) is 41.1 Å². The van der Waals surface area contributed by atoms with E-state index in [0.717, 1.165) is 0 Å². The molecule has 0 amide bonds. The molecule has 0 spiro atoms. The smallest absolute Gasteiger partial charge is 0.248 e. The van der Waals surface area contributed by atoms with Crippen LogP contribution in [0, 0.1) is 0 Å².